The summed E-state index contributed by atoms with van der Waals surface area (Å²) in [5.41, 5.74) is 0.927. The van der Waals surface area contributed by atoms with Crippen LogP contribution >= 0.6 is 0 Å². The minimum atomic E-state index is -1.03. The second-order valence-corrected chi connectivity index (χ2v) is 4.94. The summed E-state index contributed by atoms with van der Waals surface area (Å²) in [5.74, 6) is -1.20. The fourth-order valence-corrected chi connectivity index (χ4v) is 1.99. The van der Waals surface area contributed by atoms with E-state index in [1.807, 2.05) is 13.8 Å². The van der Waals surface area contributed by atoms with Gasteiger partial charge in [0.2, 0.25) is 0 Å². The summed E-state index contributed by atoms with van der Waals surface area (Å²) in [5, 5.41) is 13.0. The Labute approximate surface area is 115 Å². The number of carbonyl (C=O) groups excluding carboxylic acids is 1. The van der Waals surface area contributed by atoms with Gasteiger partial charge < -0.3 is 10.0 Å². The molecule has 0 aliphatic carbocycles. The van der Waals surface area contributed by atoms with Crippen LogP contribution in [0.4, 0.5) is 0 Å². The molecule has 0 aliphatic rings. The van der Waals surface area contributed by atoms with Gasteiger partial charge in [-0.1, -0.05) is 13.8 Å². The molecule has 2 rings (SSSR count). The van der Waals surface area contributed by atoms with Crippen LogP contribution in [0.25, 0.3) is 5.52 Å². The molecule has 0 unspecified atom stereocenters. The number of amides is 1. The molecule has 2 heterocycles. The molecule has 0 radical (unpaired) electrons. The number of carbonyl (C=O) groups is 2. The zero-order valence-corrected chi connectivity index (χ0v) is 11.4. The van der Waals surface area contributed by atoms with Gasteiger partial charge in [-0.3, -0.25) is 14.6 Å². The Morgan fingerprint density at radius 2 is 2.15 bits per heavy atom. The zero-order valence-electron chi connectivity index (χ0n) is 11.4. The Hall–Kier alpha value is -2.44. The van der Waals surface area contributed by atoms with Gasteiger partial charge in [-0.2, -0.15) is 5.10 Å². The molecule has 20 heavy (non-hydrogen) atoms. The summed E-state index contributed by atoms with van der Waals surface area (Å²) < 4.78 is 1.54. The van der Waals surface area contributed by atoms with Crippen LogP contribution in [0, 0.1) is 5.92 Å². The molecule has 0 aliphatic heterocycles. The maximum absolute atomic E-state index is 12.5. The first kappa shape index (κ1) is 14.0. The number of carboxylic acids is 1. The van der Waals surface area contributed by atoms with E-state index >= 15 is 0 Å². The van der Waals surface area contributed by atoms with E-state index in [1.165, 1.54) is 21.8 Å². The van der Waals surface area contributed by atoms with E-state index < -0.39 is 5.97 Å². The predicted molar refractivity (Wildman–Crippen MR) is 71.4 cm³/mol. The van der Waals surface area contributed by atoms with Gasteiger partial charge in [-0.05, 0) is 5.92 Å². The standard InChI is InChI=1S/C13H16N4O3/c1-9(2)7-16(8-12(18)19)13(20)10-5-15-17-4-3-14-6-11(10)17/h3-6,9H,7-8H2,1-2H3,(H,18,19). The zero-order chi connectivity index (χ0) is 14.7. The number of carboxylic acid groups (broad SMARTS) is 1. The highest BCUT2D eigenvalue weighted by Gasteiger charge is 2.22. The van der Waals surface area contributed by atoms with Gasteiger partial charge in [0.25, 0.3) is 5.91 Å². The first-order valence-corrected chi connectivity index (χ1v) is 6.27. The van der Waals surface area contributed by atoms with Crippen LogP contribution in [0.2, 0.25) is 0 Å². The van der Waals surface area contributed by atoms with Crippen molar-refractivity contribution in [2.45, 2.75) is 13.8 Å². The molecule has 0 fully saturated rings. The third kappa shape index (κ3) is 2.93. The average molecular weight is 276 g/mol. The molecular weight excluding hydrogens is 260 g/mol. The van der Waals surface area contributed by atoms with Crippen molar-refractivity contribution in [1.29, 1.82) is 0 Å². The fraction of sp³-hybridized carbons (Fsp3) is 0.385. The van der Waals surface area contributed by atoms with Crippen LogP contribution < -0.4 is 0 Å². The van der Waals surface area contributed by atoms with E-state index in [9.17, 15) is 9.59 Å². The largest absolute Gasteiger partial charge is 0.480 e. The Kier molecular flexibility index (Phi) is 3.97. The highest BCUT2D eigenvalue weighted by atomic mass is 16.4. The highest BCUT2D eigenvalue weighted by Crippen LogP contribution is 2.13. The summed E-state index contributed by atoms with van der Waals surface area (Å²) in [6.07, 6.45) is 6.18. The van der Waals surface area contributed by atoms with Gasteiger partial charge in [0.1, 0.15) is 6.54 Å². The van der Waals surface area contributed by atoms with E-state index in [1.54, 1.807) is 12.4 Å². The van der Waals surface area contributed by atoms with Crippen molar-refractivity contribution in [3.05, 3.63) is 30.4 Å². The second kappa shape index (κ2) is 5.68. The minimum Gasteiger partial charge on any atom is -0.480 e. The molecular formula is C13H16N4O3. The number of fused-ring (bicyclic) bond motifs is 1. The van der Waals surface area contributed by atoms with E-state index in [4.69, 9.17) is 5.11 Å². The van der Waals surface area contributed by atoms with Crippen molar-refractivity contribution in [3.63, 3.8) is 0 Å². The van der Waals surface area contributed by atoms with E-state index in [-0.39, 0.29) is 18.4 Å². The lowest BCUT2D eigenvalue weighted by molar-refractivity contribution is -0.137. The lowest BCUT2D eigenvalue weighted by atomic mass is 10.2. The summed E-state index contributed by atoms with van der Waals surface area (Å²) in [6.45, 7) is 3.91. The van der Waals surface area contributed by atoms with Gasteiger partial charge in [-0.15, -0.1) is 0 Å². The van der Waals surface area contributed by atoms with E-state index in [2.05, 4.69) is 10.1 Å². The third-order valence-corrected chi connectivity index (χ3v) is 2.75. The van der Waals surface area contributed by atoms with Crippen LogP contribution in [-0.2, 0) is 4.79 Å². The quantitative estimate of drug-likeness (QED) is 0.877. The number of nitrogens with zero attached hydrogens (tertiary/aromatic N) is 4. The molecule has 1 N–H and O–H groups in total. The Balaban J connectivity index is 2.33. The normalized spacial score (nSPS) is 10.9. The molecule has 0 aromatic carbocycles. The van der Waals surface area contributed by atoms with E-state index in [0.717, 1.165) is 0 Å². The molecule has 0 saturated carbocycles. The van der Waals surface area contributed by atoms with Crippen LogP contribution in [0.15, 0.2) is 24.8 Å². The number of hydrogen-bond donors (Lipinski definition) is 1. The molecule has 0 bridgehead atoms. The molecule has 0 spiro atoms. The van der Waals surface area contributed by atoms with Crippen molar-refractivity contribution in [2.24, 2.45) is 5.92 Å². The summed E-state index contributed by atoms with van der Waals surface area (Å²) in [7, 11) is 0. The van der Waals surface area contributed by atoms with Gasteiger partial charge in [0.15, 0.2) is 0 Å². The van der Waals surface area contributed by atoms with Crippen LogP contribution in [0.3, 0.4) is 0 Å². The van der Waals surface area contributed by atoms with Gasteiger partial charge >= 0.3 is 5.97 Å². The van der Waals surface area contributed by atoms with Crippen molar-refractivity contribution in [2.75, 3.05) is 13.1 Å². The lowest BCUT2D eigenvalue weighted by Crippen LogP contribution is -2.38. The molecule has 106 valence electrons. The van der Waals surface area contributed by atoms with Crippen molar-refractivity contribution >= 4 is 17.4 Å². The minimum absolute atomic E-state index is 0.179. The molecule has 2 aromatic rings. The Morgan fingerprint density at radius 1 is 1.40 bits per heavy atom. The maximum atomic E-state index is 12.5. The fourth-order valence-electron chi connectivity index (χ4n) is 1.99. The van der Waals surface area contributed by atoms with Crippen molar-refractivity contribution < 1.29 is 14.7 Å². The molecule has 7 heteroatoms. The SMILES string of the molecule is CC(C)CN(CC(=O)O)C(=O)c1cnn2ccncc12. The van der Waals surface area contributed by atoms with Crippen LogP contribution in [0.5, 0.6) is 0 Å². The Bertz CT molecular complexity index is 635. The lowest BCUT2D eigenvalue weighted by Gasteiger charge is -2.22. The number of aromatic nitrogens is 3. The molecule has 0 atom stereocenters. The summed E-state index contributed by atoms with van der Waals surface area (Å²) in [6, 6.07) is 0. The highest BCUT2D eigenvalue weighted by molar-refractivity contribution is 6.01. The van der Waals surface area contributed by atoms with E-state index in [0.29, 0.717) is 17.6 Å². The predicted octanol–water partition coefficient (Wildman–Crippen LogP) is 0.912. The second-order valence-electron chi connectivity index (χ2n) is 4.94. The molecule has 7 nitrogen and oxygen atoms in total. The van der Waals surface area contributed by atoms with Crippen LogP contribution in [0.1, 0.15) is 24.2 Å². The average Bonchev–Trinajstić information content (AvgIpc) is 2.79. The summed E-state index contributed by atoms with van der Waals surface area (Å²) in [4.78, 5) is 28.7. The monoisotopic (exact) mass is 276 g/mol. The third-order valence-electron chi connectivity index (χ3n) is 2.75. The number of aliphatic carboxylic acids is 1. The molecule has 1 amide bonds. The van der Waals surface area contributed by atoms with Crippen molar-refractivity contribution in [3.8, 4) is 0 Å². The summed E-state index contributed by atoms with van der Waals surface area (Å²) >= 11 is 0. The molecule has 0 saturated heterocycles. The topological polar surface area (TPSA) is 87.8 Å². The van der Waals surface area contributed by atoms with Crippen molar-refractivity contribution in [1.82, 2.24) is 19.5 Å². The first-order chi connectivity index (χ1) is 9.49. The van der Waals surface area contributed by atoms with Gasteiger partial charge in [0, 0.05) is 18.9 Å². The number of rotatable bonds is 5. The smallest absolute Gasteiger partial charge is 0.323 e. The molecule has 2 aromatic heterocycles. The maximum Gasteiger partial charge on any atom is 0.323 e. The Morgan fingerprint density at radius 3 is 2.80 bits per heavy atom. The van der Waals surface area contributed by atoms with Crippen LogP contribution in [-0.4, -0.2) is 49.6 Å². The first-order valence-electron chi connectivity index (χ1n) is 6.27. The van der Waals surface area contributed by atoms with Gasteiger partial charge in [-0.25, -0.2) is 4.52 Å². The number of hydrogen-bond acceptors (Lipinski definition) is 4. The van der Waals surface area contributed by atoms with Gasteiger partial charge in [0.05, 0.1) is 23.5 Å².